The Hall–Kier alpha value is -1.12. The van der Waals surface area contributed by atoms with Crippen molar-refractivity contribution in [2.24, 2.45) is 11.8 Å². The van der Waals surface area contributed by atoms with E-state index in [-0.39, 0.29) is 6.10 Å². The fourth-order valence-electron chi connectivity index (χ4n) is 2.98. The Morgan fingerprint density at radius 2 is 2.05 bits per heavy atom. The second-order valence-corrected chi connectivity index (χ2v) is 5.45. The molecule has 1 aromatic rings. The smallest absolute Gasteiger partial charge is 0.0717 e. The molecule has 3 atom stereocenters. The highest BCUT2D eigenvalue weighted by Gasteiger charge is 2.31. The van der Waals surface area contributed by atoms with Crippen molar-refractivity contribution in [1.29, 1.82) is 0 Å². The van der Waals surface area contributed by atoms with Crippen molar-refractivity contribution in [1.82, 2.24) is 0 Å². The Labute approximate surface area is 116 Å². The van der Waals surface area contributed by atoms with Crippen molar-refractivity contribution in [3.8, 4) is 0 Å². The Morgan fingerprint density at radius 3 is 2.79 bits per heavy atom. The minimum atomic E-state index is -0.183. The highest BCUT2D eigenvalue weighted by Crippen LogP contribution is 2.33. The van der Waals surface area contributed by atoms with Gasteiger partial charge >= 0.3 is 0 Å². The summed E-state index contributed by atoms with van der Waals surface area (Å²) in [5, 5.41) is 10.1. The minimum absolute atomic E-state index is 0.183. The molecular formula is C17H24O2. The topological polar surface area (TPSA) is 29.5 Å². The average Bonchev–Trinajstić information content (AvgIpc) is 2.44. The van der Waals surface area contributed by atoms with Crippen molar-refractivity contribution in [2.45, 2.75) is 38.4 Å². The van der Waals surface area contributed by atoms with E-state index in [2.05, 4.69) is 18.7 Å². The highest BCUT2D eigenvalue weighted by atomic mass is 16.5. The van der Waals surface area contributed by atoms with Gasteiger partial charge in [-0.2, -0.15) is 0 Å². The number of aliphatic hydroxyl groups is 1. The van der Waals surface area contributed by atoms with Crippen molar-refractivity contribution < 1.29 is 9.84 Å². The van der Waals surface area contributed by atoms with E-state index >= 15 is 0 Å². The lowest BCUT2D eigenvalue weighted by Gasteiger charge is -2.34. The quantitative estimate of drug-likeness (QED) is 0.793. The van der Waals surface area contributed by atoms with Gasteiger partial charge in [-0.25, -0.2) is 0 Å². The predicted octanol–water partition coefficient (Wildman–Crippen LogP) is 3.56. The number of aliphatic hydroxyl groups excluding tert-OH is 1. The third-order valence-corrected chi connectivity index (χ3v) is 4.06. The molecular weight excluding hydrogens is 236 g/mol. The van der Waals surface area contributed by atoms with Crippen LogP contribution in [0.3, 0.4) is 0 Å². The molecule has 1 aliphatic carbocycles. The normalized spacial score (nSPS) is 27.1. The van der Waals surface area contributed by atoms with Crippen LogP contribution in [0.25, 0.3) is 0 Å². The van der Waals surface area contributed by atoms with Gasteiger partial charge in [0.1, 0.15) is 0 Å². The number of hydrogen-bond donors (Lipinski definition) is 1. The first kappa shape index (κ1) is 14.3. The van der Waals surface area contributed by atoms with Crippen LogP contribution in [-0.2, 0) is 11.3 Å². The molecule has 0 heterocycles. The summed E-state index contributed by atoms with van der Waals surface area (Å²) in [6.45, 7) is 5.20. The molecule has 0 bridgehead atoms. The number of benzene rings is 1. The fourth-order valence-corrected chi connectivity index (χ4v) is 2.98. The average molecular weight is 260 g/mol. The maximum atomic E-state index is 10.1. The number of ether oxygens (including phenoxy) is 1. The van der Waals surface area contributed by atoms with Crippen LogP contribution in [0.4, 0.5) is 0 Å². The molecule has 0 saturated heterocycles. The fraction of sp³-hybridized carbons (Fsp3) is 0.529. The van der Waals surface area contributed by atoms with Crippen molar-refractivity contribution in [3.63, 3.8) is 0 Å². The van der Waals surface area contributed by atoms with Gasteiger partial charge in [-0.1, -0.05) is 42.8 Å². The standard InChI is InChI=1S/C17H24O2/c1-2-7-16-15(10-6-11-17(16)18)13-19-12-14-8-4-3-5-9-14/h2-5,8-9,15-18H,1,6-7,10-13H2/t15-,16-,17-/m1/s1. The van der Waals surface area contributed by atoms with Crippen LogP contribution in [0, 0.1) is 11.8 Å². The van der Waals surface area contributed by atoms with Crippen molar-refractivity contribution in [3.05, 3.63) is 48.6 Å². The summed E-state index contributed by atoms with van der Waals surface area (Å²) in [4.78, 5) is 0. The summed E-state index contributed by atoms with van der Waals surface area (Å²) in [5.41, 5.74) is 1.21. The molecule has 0 radical (unpaired) electrons. The van der Waals surface area contributed by atoms with Gasteiger partial charge in [0, 0.05) is 0 Å². The van der Waals surface area contributed by atoms with E-state index < -0.39 is 0 Å². The van der Waals surface area contributed by atoms with E-state index in [1.54, 1.807) is 0 Å². The van der Waals surface area contributed by atoms with Crippen molar-refractivity contribution >= 4 is 0 Å². The van der Waals surface area contributed by atoms with E-state index in [1.807, 2.05) is 24.3 Å². The Kier molecular flexibility index (Phi) is 5.62. The van der Waals surface area contributed by atoms with Gasteiger partial charge in [-0.05, 0) is 36.7 Å². The van der Waals surface area contributed by atoms with Gasteiger partial charge in [-0.3, -0.25) is 0 Å². The molecule has 1 saturated carbocycles. The van der Waals surface area contributed by atoms with E-state index in [9.17, 15) is 5.11 Å². The first-order valence-corrected chi connectivity index (χ1v) is 7.22. The number of rotatable bonds is 6. The van der Waals surface area contributed by atoms with Gasteiger partial charge in [0.25, 0.3) is 0 Å². The van der Waals surface area contributed by atoms with Crippen LogP contribution in [0.5, 0.6) is 0 Å². The van der Waals surface area contributed by atoms with E-state index in [0.717, 1.165) is 32.3 Å². The second kappa shape index (κ2) is 7.46. The molecule has 0 unspecified atom stereocenters. The molecule has 19 heavy (non-hydrogen) atoms. The number of hydrogen-bond acceptors (Lipinski definition) is 2. The maximum Gasteiger partial charge on any atom is 0.0717 e. The van der Waals surface area contributed by atoms with Gasteiger partial charge in [0.05, 0.1) is 19.3 Å². The molecule has 104 valence electrons. The van der Waals surface area contributed by atoms with Crippen molar-refractivity contribution in [2.75, 3.05) is 6.61 Å². The first-order valence-electron chi connectivity index (χ1n) is 7.22. The molecule has 1 aliphatic rings. The molecule has 2 rings (SSSR count). The molecule has 2 heteroatoms. The Balaban J connectivity index is 1.81. The summed E-state index contributed by atoms with van der Waals surface area (Å²) in [5.74, 6) is 0.785. The summed E-state index contributed by atoms with van der Waals surface area (Å²) < 4.78 is 5.84. The lowest BCUT2D eigenvalue weighted by atomic mass is 9.76. The van der Waals surface area contributed by atoms with Crippen LogP contribution in [0.15, 0.2) is 43.0 Å². The zero-order chi connectivity index (χ0) is 13.5. The lowest BCUT2D eigenvalue weighted by Crippen LogP contribution is -2.34. The van der Waals surface area contributed by atoms with Crippen LogP contribution < -0.4 is 0 Å². The molecule has 1 aromatic carbocycles. The largest absolute Gasteiger partial charge is 0.393 e. The lowest BCUT2D eigenvalue weighted by molar-refractivity contribution is -0.0127. The van der Waals surface area contributed by atoms with Crippen LogP contribution in [0.2, 0.25) is 0 Å². The van der Waals surface area contributed by atoms with E-state index in [1.165, 1.54) is 5.56 Å². The zero-order valence-electron chi connectivity index (χ0n) is 11.5. The van der Waals surface area contributed by atoms with Gasteiger partial charge in [-0.15, -0.1) is 6.58 Å². The second-order valence-electron chi connectivity index (χ2n) is 5.45. The highest BCUT2D eigenvalue weighted by molar-refractivity contribution is 5.13. The van der Waals surface area contributed by atoms with Crippen LogP contribution in [-0.4, -0.2) is 17.8 Å². The third kappa shape index (κ3) is 4.19. The summed E-state index contributed by atoms with van der Waals surface area (Å²) in [6.07, 6.45) is 5.81. The number of allylic oxidation sites excluding steroid dienone is 1. The molecule has 1 N–H and O–H groups in total. The van der Waals surface area contributed by atoms with E-state index in [4.69, 9.17) is 4.74 Å². The molecule has 0 aliphatic heterocycles. The summed E-state index contributed by atoms with van der Waals surface area (Å²) in [6, 6.07) is 10.2. The zero-order valence-corrected chi connectivity index (χ0v) is 11.5. The molecule has 2 nitrogen and oxygen atoms in total. The van der Waals surface area contributed by atoms with Gasteiger partial charge < -0.3 is 9.84 Å². The summed E-state index contributed by atoms with van der Waals surface area (Å²) >= 11 is 0. The predicted molar refractivity (Wildman–Crippen MR) is 77.7 cm³/mol. The maximum absolute atomic E-state index is 10.1. The first-order chi connectivity index (χ1) is 9.31. The van der Waals surface area contributed by atoms with Gasteiger partial charge in [0.15, 0.2) is 0 Å². The van der Waals surface area contributed by atoms with Crippen LogP contribution >= 0.6 is 0 Å². The molecule has 0 amide bonds. The minimum Gasteiger partial charge on any atom is -0.393 e. The van der Waals surface area contributed by atoms with E-state index in [0.29, 0.717) is 18.4 Å². The molecule has 1 fully saturated rings. The molecule has 0 spiro atoms. The SMILES string of the molecule is C=CC[C@@H]1[C@@H](COCc2ccccc2)CCC[C@H]1O. The summed E-state index contributed by atoms with van der Waals surface area (Å²) in [7, 11) is 0. The Bertz CT molecular complexity index is 374. The van der Waals surface area contributed by atoms with Crippen LogP contribution in [0.1, 0.15) is 31.2 Å². The Morgan fingerprint density at radius 1 is 1.26 bits per heavy atom. The monoisotopic (exact) mass is 260 g/mol. The van der Waals surface area contributed by atoms with Gasteiger partial charge in [0.2, 0.25) is 0 Å². The molecule has 0 aromatic heterocycles. The third-order valence-electron chi connectivity index (χ3n) is 4.06.